The van der Waals surface area contributed by atoms with Gasteiger partial charge < -0.3 is 20.3 Å². The second kappa shape index (κ2) is 6.21. The van der Waals surface area contributed by atoms with Gasteiger partial charge >= 0.3 is 11.9 Å². The van der Waals surface area contributed by atoms with E-state index in [1.807, 2.05) is 30.3 Å². The number of rotatable bonds is 4. The molecule has 5 N–H and O–H groups in total. The maximum absolute atomic E-state index is 11.2. The molecule has 9 nitrogen and oxygen atoms in total. The van der Waals surface area contributed by atoms with Crippen LogP contribution in [0.5, 0.6) is 5.75 Å². The topological polar surface area (TPSA) is 147 Å². The zero-order valence-electron chi connectivity index (χ0n) is 12.8. The van der Waals surface area contributed by atoms with Crippen molar-refractivity contribution >= 4 is 35.1 Å². The molecule has 0 radical (unpaired) electrons. The Hall–Kier alpha value is -3.46. The molecule has 1 heterocycles. The summed E-state index contributed by atoms with van der Waals surface area (Å²) in [6, 6.07) is 12.8. The Morgan fingerprint density at radius 1 is 1.12 bits per heavy atom. The molecule has 1 aliphatic rings. The van der Waals surface area contributed by atoms with Gasteiger partial charge in [-0.15, -0.1) is 0 Å². The van der Waals surface area contributed by atoms with Crippen LogP contribution >= 0.6 is 0 Å². The molecular weight excluding hydrogens is 328 g/mol. The number of fused-ring (bicyclic) bond motifs is 1. The fraction of sp³-hybridized carbons (Fsp3) is 0.125. The van der Waals surface area contributed by atoms with Crippen molar-refractivity contribution in [1.29, 1.82) is 0 Å². The van der Waals surface area contributed by atoms with Crippen molar-refractivity contribution in [3.8, 4) is 5.75 Å². The summed E-state index contributed by atoms with van der Waals surface area (Å²) in [6.07, 6.45) is 1.06. The highest BCUT2D eigenvalue weighted by molar-refractivity contribution is 5.97. The van der Waals surface area contributed by atoms with Gasteiger partial charge in [-0.1, -0.05) is 30.3 Å². The van der Waals surface area contributed by atoms with Crippen LogP contribution in [0.25, 0.3) is 10.8 Å². The predicted molar refractivity (Wildman–Crippen MR) is 89.3 cm³/mol. The van der Waals surface area contributed by atoms with Crippen LogP contribution in [0.3, 0.4) is 0 Å². The molecular formula is C16H14N4O5. The molecule has 25 heavy (non-hydrogen) atoms. The minimum Gasteiger partial charge on any atom is -0.480 e. The molecule has 0 amide bonds. The summed E-state index contributed by atoms with van der Waals surface area (Å²) in [5.74, 6) is -7.15. The summed E-state index contributed by atoms with van der Waals surface area (Å²) in [5, 5.41) is 22.7. The molecule has 0 saturated heterocycles. The first-order valence-corrected chi connectivity index (χ1v) is 7.20. The largest absolute Gasteiger partial charge is 0.480 e. The highest BCUT2D eigenvalue weighted by Crippen LogP contribution is 2.23. The smallest absolute Gasteiger partial charge is 0.324 e. The Bertz CT molecular complexity index is 896. The Balaban J connectivity index is 1.90. The van der Waals surface area contributed by atoms with Gasteiger partial charge in [-0.2, -0.15) is 4.99 Å². The van der Waals surface area contributed by atoms with E-state index >= 15 is 0 Å². The molecule has 3 rings (SSSR count). The molecule has 0 aliphatic carbocycles. The zero-order chi connectivity index (χ0) is 18.0. The Labute approximate surface area is 141 Å². The number of benzene rings is 2. The number of nitrogens with two attached hydrogens (primary N) is 1. The van der Waals surface area contributed by atoms with Crippen molar-refractivity contribution in [1.82, 2.24) is 5.32 Å². The number of carboxylic acids is 2. The van der Waals surface area contributed by atoms with Crippen LogP contribution in [0, 0.1) is 5.92 Å². The first-order chi connectivity index (χ1) is 11.9. The van der Waals surface area contributed by atoms with Crippen molar-refractivity contribution in [2.45, 2.75) is 5.79 Å². The van der Waals surface area contributed by atoms with Gasteiger partial charge in [-0.05, 0) is 22.9 Å². The number of carboxylic acid groups (broad SMARTS) is 2. The lowest BCUT2D eigenvalue weighted by atomic mass is 10.0. The van der Waals surface area contributed by atoms with Gasteiger partial charge in [0.2, 0.25) is 11.7 Å². The third kappa shape index (κ3) is 3.26. The molecule has 1 atom stereocenters. The highest BCUT2D eigenvalue weighted by Gasteiger charge is 2.47. The number of nitrogens with zero attached hydrogens (tertiary/aromatic N) is 2. The third-order valence-corrected chi connectivity index (χ3v) is 3.59. The molecule has 0 fully saturated rings. The van der Waals surface area contributed by atoms with Crippen LogP contribution in [0.1, 0.15) is 0 Å². The van der Waals surface area contributed by atoms with E-state index in [0.717, 1.165) is 17.1 Å². The molecule has 1 aliphatic heterocycles. The Morgan fingerprint density at radius 3 is 2.48 bits per heavy atom. The predicted octanol–water partition coefficient (Wildman–Crippen LogP) is 0.604. The van der Waals surface area contributed by atoms with E-state index in [2.05, 4.69) is 15.3 Å². The second-order valence-corrected chi connectivity index (χ2v) is 5.32. The Kier molecular flexibility index (Phi) is 4.07. The number of aliphatic carboxylic acids is 2. The summed E-state index contributed by atoms with van der Waals surface area (Å²) < 4.78 is 5.55. The van der Waals surface area contributed by atoms with Crippen LogP contribution in [0.4, 0.5) is 0 Å². The molecule has 0 saturated carbocycles. The van der Waals surface area contributed by atoms with Crippen LogP contribution in [-0.2, 0) is 9.59 Å². The summed E-state index contributed by atoms with van der Waals surface area (Å²) in [6.45, 7) is 0. The Morgan fingerprint density at radius 2 is 1.80 bits per heavy atom. The third-order valence-electron chi connectivity index (χ3n) is 3.59. The number of amidine groups is 1. The van der Waals surface area contributed by atoms with Crippen LogP contribution in [-0.4, -0.2) is 40.3 Å². The van der Waals surface area contributed by atoms with Gasteiger partial charge in [0.05, 0.1) is 6.34 Å². The number of hydrogen-bond acceptors (Lipinski definition) is 7. The lowest BCUT2D eigenvalue weighted by Gasteiger charge is -2.27. The number of carbonyl (C=O) groups is 2. The van der Waals surface area contributed by atoms with Gasteiger partial charge in [0.1, 0.15) is 5.75 Å². The number of aliphatic imine (C=N–C) groups is 2. The lowest BCUT2D eigenvalue weighted by Crippen LogP contribution is -2.55. The quantitative estimate of drug-likeness (QED) is 0.595. The van der Waals surface area contributed by atoms with E-state index in [0.29, 0.717) is 5.75 Å². The SMILES string of the molecule is NC1(C(C(=O)O)C(=O)O)N=CNC(Oc2ccc3ccccc3c2)=N1. The van der Waals surface area contributed by atoms with Crippen molar-refractivity contribution in [2.75, 3.05) is 0 Å². The number of ether oxygens (including phenoxy) is 1. The normalized spacial score (nSPS) is 19.4. The van der Waals surface area contributed by atoms with Crippen LogP contribution < -0.4 is 15.8 Å². The van der Waals surface area contributed by atoms with Gasteiger partial charge in [0.15, 0.2) is 0 Å². The first kappa shape index (κ1) is 16.4. The van der Waals surface area contributed by atoms with Crippen molar-refractivity contribution in [3.63, 3.8) is 0 Å². The molecule has 0 aromatic heterocycles. The van der Waals surface area contributed by atoms with Crippen LogP contribution in [0.15, 0.2) is 52.4 Å². The first-order valence-electron chi connectivity index (χ1n) is 7.20. The molecule has 128 valence electrons. The minimum atomic E-state index is -2.21. The monoisotopic (exact) mass is 342 g/mol. The zero-order valence-corrected chi connectivity index (χ0v) is 12.8. The summed E-state index contributed by atoms with van der Waals surface area (Å²) in [7, 11) is 0. The van der Waals surface area contributed by atoms with Gasteiger partial charge in [-0.3, -0.25) is 15.3 Å². The maximum atomic E-state index is 11.2. The highest BCUT2D eigenvalue weighted by atomic mass is 16.5. The molecule has 0 bridgehead atoms. The standard InChI is InChI=1S/C16H14N4O5/c17-16(12(13(21)22)14(23)24)19-8-18-15(20-16)25-11-6-5-9-3-1-2-4-10(9)7-11/h1-8,12H,17H2,(H,21,22)(H,23,24)(H,18,19,20). The van der Waals surface area contributed by atoms with Gasteiger partial charge in [-0.25, -0.2) is 4.99 Å². The average molecular weight is 342 g/mol. The van der Waals surface area contributed by atoms with E-state index in [9.17, 15) is 9.59 Å². The van der Waals surface area contributed by atoms with E-state index in [-0.39, 0.29) is 6.02 Å². The lowest BCUT2D eigenvalue weighted by molar-refractivity contribution is -0.157. The molecule has 1 unspecified atom stereocenters. The molecule has 0 spiro atoms. The van der Waals surface area contributed by atoms with E-state index < -0.39 is 23.6 Å². The van der Waals surface area contributed by atoms with Crippen molar-refractivity contribution in [2.24, 2.45) is 21.6 Å². The van der Waals surface area contributed by atoms with Gasteiger partial charge in [0, 0.05) is 0 Å². The molecule has 9 heteroatoms. The average Bonchev–Trinajstić information content (AvgIpc) is 2.53. The van der Waals surface area contributed by atoms with E-state index in [1.165, 1.54) is 0 Å². The fourth-order valence-corrected chi connectivity index (χ4v) is 2.42. The number of nitrogens with one attached hydrogen (secondary N) is 1. The van der Waals surface area contributed by atoms with Crippen molar-refractivity contribution < 1.29 is 24.5 Å². The maximum Gasteiger partial charge on any atom is 0.324 e. The van der Waals surface area contributed by atoms with E-state index in [1.54, 1.807) is 12.1 Å². The van der Waals surface area contributed by atoms with Crippen molar-refractivity contribution in [3.05, 3.63) is 42.5 Å². The van der Waals surface area contributed by atoms with Gasteiger partial charge in [0.25, 0.3) is 6.02 Å². The molecule has 2 aromatic rings. The fourth-order valence-electron chi connectivity index (χ4n) is 2.42. The summed E-state index contributed by atoms with van der Waals surface area (Å²) in [5.41, 5.74) is 5.77. The number of hydrogen-bond donors (Lipinski definition) is 4. The molecule has 2 aromatic carbocycles. The van der Waals surface area contributed by atoms with E-state index in [4.69, 9.17) is 20.7 Å². The summed E-state index contributed by atoms with van der Waals surface area (Å²) in [4.78, 5) is 29.9. The second-order valence-electron chi connectivity index (χ2n) is 5.32. The van der Waals surface area contributed by atoms with Crippen LogP contribution in [0.2, 0.25) is 0 Å². The summed E-state index contributed by atoms with van der Waals surface area (Å²) >= 11 is 0. The minimum absolute atomic E-state index is 0.153.